The second kappa shape index (κ2) is 7.90. The molecule has 144 valence electrons. The number of hydrogen-bond acceptors (Lipinski definition) is 4. The number of hydrogen-bond donors (Lipinski definition) is 1. The molecule has 6 nitrogen and oxygen atoms in total. The molecule has 7 heteroatoms. The summed E-state index contributed by atoms with van der Waals surface area (Å²) in [6.45, 7) is 2.65. The molecule has 0 aliphatic carbocycles. The first-order valence-electron chi connectivity index (χ1n) is 9.31. The Morgan fingerprint density at radius 3 is 2.75 bits per heavy atom. The summed E-state index contributed by atoms with van der Waals surface area (Å²) in [4.78, 5) is 22.1. The zero-order valence-electron chi connectivity index (χ0n) is 15.3. The number of carbonyl (C=O) groups is 1. The second-order valence-electron chi connectivity index (χ2n) is 6.98. The van der Waals surface area contributed by atoms with Crippen LogP contribution < -0.4 is 0 Å². The maximum atomic E-state index is 13.2. The van der Waals surface area contributed by atoms with Crippen molar-refractivity contribution in [2.75, 3.05) is 13.1 Å². The van der Waals surface area contributed by atoms with Gasteiger partial charge in [-0.15, -0.1) is 0 Å². The van der Waals surface area contributed by atoms with Gasteiger partial charge in [0.1, 0.15) is 11.5 Å². The third-order valence-electron chi connectivity index (χ3n) is 5.17. The van der Waals surface area contributed by atoms with Gasteiger partial charge < -0.3 is 9.67 Å². The average molecular weight is 380 g/mol. The van der Waals surface area contributed by atoms with Crippen molar-refractivity contribution in [2.45, 2.75) is 25.4 Å². The van der Waals surface area contributed by atoms with E-state index in [1.807, 2.05) is 22.9 Å². The van der Waals surface area contributed by atoms with Gasteiger partial charge in [0.05, 0.1) is 17.6 Å². The quantitative estimate of drug-likeness (QED) is 0.707. The Labute approximate surface area is 162 Å². The van der Waals surface area contributed by atoms with Crippen molar-refractivity contribution in [3.63, 3.8) is 0 Å². The lowest BCUT2D eigenvalue weighted by molar-refractivity contribution is 0.0697. The minimum atomic E-state index is -0.982. The highest BCUT2D eigenvalue weighted by atomic mass is 19.1. The summed E-state index contributed by atoms with van der Waals surface area (Å²) < 4.78 is 15.2. The van der Waals surface area contributed by atoms with Gasteiger partial charge >= 0.3 is 5.97 Å². The minimum Gasteiger partial charge on any atom is -0.478 e. The van der Waals surface area contributed by atoms with Gasteiger partial charge in [-0.2, -0.15) is 0 Å². The number of nitrogens with zero attached hydrogens (tertiary/aromatic N) is 4. The number of benzene rings is 1. The first kappa shape index (κ1) is 18.3. The van der Waals surface area contributed by atoms with Crippen molar-refractivity contribution in [3.05, 3.63) is 72.1 Å². The molecule has 1 aliphatic heterocycles. The van der Waals surface area contributed by atoms with Crippen LogP contribution in [0.1, 0.15) is 34.8 Å². The maximum Gasteiger partial charge on any atom is 0.335 e. The Morgan fingerprint density at radius 1 is 1.14 bits per heavy atom. The van der Waals surface area contributed by atoms with Gasteiger partial charge in [0.15, 0.2) is 0 Å². The fraction of sp³-hybridized carbons (Fsp3) is 0.286. The van der Waals surface area contributed by atoms with Crippen LogP contribution in [0.2, 0.25) is 0 Å². The molecule has 1 N–H and O–H groups in total. The van der Waals surface area contributed by atoms with Crippen molar-refractivity contribution in [1.82, 2.24) is 19.4 Å². The van der Waals surface area contributed by atoms with Crippen LogP contribution in [0.25, 0.3) is 11.4 Å². The number of carboxylic acids is 1. The number of carboxylic acid groups (broad SMARTS) is 1. The van der Waals surface area contributed by atoms with E-state index in [4.69, 9.17) is 5.11 Å². The number of aromatic carboxylic acids is 1. The van der Waals surface area contributed by atoms with Crippen molar-refractivity contribution >= 4 is 5.97 Å². The number of aromatic nitrogens is 3. The number of rotatable bonds is 6. The first-order chi connectivity index (χ1) is 13.6. The smallest absolute Gasteiger partial charge is 0.335 e. The van der Waals surface area contributed by atoms with Crippen LogP contribution in [0.4, 0.5) is 4.39 Å². The van der Waals surface area contributed by atoms with E-state index in [9.17, 15) is 9.18 Å². The van der Waals surface area contributed by atoms with E-state index in [-0.39, 0.29) is 11.4 Å². The van der Waals surface area contributed by atoms with Crippen LogP contribution in [-0.4, -0.2) is 43.6 Å². The Hall–Kier alpha value is -3.06. The third kappa shape index (κ3) is 3.94. The molecule has 0 unspecified atom stereocenters. The molecule has 3 heterocycles. The molecule has 1 atom stereocenters. The predicted molar refractivity (Wildman–Crippen MR) is 102 cm³/mol. The second-order valence-corrected chi connectivity index (χ2v) is 6.98. The van der Waals surface area contributed by atoms with Crippen LogP contribution in [-0.2, 0) is 6.54 Å². The van der Waals surface area contributed by atoms with Crippen molar-refractivity contribution in [2.24, 2.45) is 0 Å². The molecule has 0 bridgehead atoms. The SMILES string of the molecule is O=C(O)c1ccnc(-c2cn(CCN3CCC[C@@H]3c3ccc(F)cc3)cn2)c1. The van der Waals surface area contributed by atoms with Crippen LogP contribution in [0.15, 0.2) is 55.1 Å². The Morgan fingerprint density at radius 2 is 1.96 bits per heavy atom. The highest BCUT2D eigenvalue weighted by Crippen LogP contribution is 2.31. The van der Waals surface area contributed by atoms with Crippen LogP contribution in [0.3, 0.4) is 0 Å². The van der Waals surface area contributed by atoms with Gasteiger partial charge in [0.2, 0.25) is 0 Å². The zero-order valence-corrected chi connectivity index (χ0v) is 15.3. The molecule has 0 amide bonds. The van der Waals surface area contributed by atoms with E-state index in [2.05, 4.69) is 14.9 Å². The van der Waals surface area contributed by atoms with Crippen molar-refractivity contribution < 1.29 is 14.3 Å². The summed E-state index contributed by atoms with van der Waals surface area (Å²) >= 11 is 0. The normalized spacial score (nSPS) is 17.1. The molecule has 4 rings (SSSR count). The van der Waals surface area contributed by atoms with Gasteiger partial charge in [0, 0.05) is 31.5 Å². The van der Waals surface area contributed by atoms with E-state index >= 15 is 0 Å². The largest absolute Gasteiger partial charge is 0.478 e. The topological polar surface area (TPSA) is 71.2 Å². The molecule has 1 aliphatic rings. The molecule has 2 aromatic heterocycles. The van der Waals surface area contributed by atoms with Crippen molar-refractivity contribution in [1.29, 1.82) is 0 Å². The Kier molecular flexibility index (Phi) is 5.16. The Balaban J connectivity index is 1.42. The molecule has 1 saturated heterocycles. The maximum absolute atomic E-state index is 13.2. The van der Waals surface area contributed by atoms with E-state index in [0.29, 0.717) is 17.4 Å². The number of imidazole rings is 1. The van der Waals surface area contributed by atoms with Crippen LogP contribution in [0, 0.1) is 5.82 Å². The van der Waals surface area contributed by atoms with E-state index in [1.54, 1.807) is 6.33 Å². The predicted octanol–water partition coefficient (Wildman–Crippen LogP) is 3.62. The standard InChI is InChI=1S/C21H21FN4O2/c22-17-5-3-15(4-6-17)20-2-1-9-26(20)11-10-25-13-19(24-14-25)18-12-16(21(27)28)7-8-23-18/h3-8,12-14,20H,1-2,9-11H2,(H,27,28)/t20-/m1/s1. The molecule has 3 aromatic rings. The van der Waals surface area contributed by atoms with E-state index in [0.717, 1.165) is 38.0 Å². The van der Waals surface area contributed by atoms with Gasteiger partial charge in [-0.05, 0) is 49.2 Å². The molecule has 0 spiro atoms. The number of halogens is 1. The lowest BCUT2D eigenvalue weighted by Gasteiger charge is -2.25. The van der Waals surface area contributed by atoms with Gasteiger partial charge in [0.25, 0.3) is 0 Å². The van der Waals surface area contributed by atoms with Crippen LogP contribution in [0.5, 0.6) is 0 Å². The van der Waals surface area contributed by atoms with E-state index in [1.165, 1.54) is 30.5 Å². The lowest BCUT2D eigenvalue weighted by atomic mass is 10.0. The highest BCUT2D eigenvalue weighted by molar-refractivity contribution is 5.88. The van der Waals surface area contributed by atoms with Gasteiger partial charge in [-0.3, -0.25) is 9.88 Å². The summed E-state index contributed by atoms with van der Waals surface area (Å²) in [6.07, 6.45) is 7.32. The summed E-state index contributed by atoms with van der Waals surface area (Å²) in [6, 6.07) is 10.1. The fourth-order valence-electron chi connectivity index (χ4n) is 3.72. The summed E-state index contributed by atoms with van der Waals surface area (Å²) in [5.74, 6) is -1.19. The number of likely N-dealkylation sites (tertiary alicyclic amines) is 1. The molecule has 0 radical (unpaired) electrons. The molecule has 0 saturated carbocycles. The van der Waals surface area contributed by atoms with Gasteiger partial charge in [-0.1, -0.05) is 12.1 Å². The zero-order chi connectivity index (χ0) is 19.5. The summed E-state index contributed by atoms with van der Waals surface area (Å²) in [5.41, 5.74) is 2.54. The van der Waals surface area contributed by atoms with Gasteiger partial charge in [-0.25, -0.2) is 14.2 Å². The van der Waals surface area contributed by atoms with Crippen molar-refractivity contribution in [3.8, 4) is 11.4 Å². The first-order valence-corrected chi connectivity index (χ1v) is 9.31. The summed E-state index contributed by atoms with van der Waals surface area (Å²) in [7, 11) is 0. The minimum absolute atomic E-state index is 0.193. The molecular formula is C21H21FN4O2. The number of pyridine rings is 1. The monoisotopic (exact) mass is 380 g/mol. The molecule has 1 fully saturated rings. The average Bonchev–Trinajstić information content (AvgIpc) is 3.36. The third-order valence-corrected chi connectivity index (χ3v) is 5.17. The summed E-state index contributed by atoms with van der Waals surface area (Å²) in [5, 5.41) is 9.12. The fourth-order valence-corrected chi connectivity index (χ4v) is 3.72. The van der Waals surface area contributed by atoms with E-state index < -0.39 is 5.97 Å². The lowest BCUT2D eigenvalue weighted by Crippen LogP contribution is -2.27. The molecular weight excluding hydrogens is 359 g/mol. The highest BCUT2D eigenvalue weighted by Gasteiger charge is 2.25. The molecule has 1 aromatic carbocycles. The molecule has 28 heavy (non-hydrogen) atoms. The van der Waals surface area contributed by atoms with Crippen LogP contribution >= 0.6 is 0 Å². The Bertz CT molecular complexity index is 971.